The van der Waals surface area contributed by atoms with Crippen molar-refractivity contribution in [2.24, 2.45) is 7.05 Å². The molecule has 7 heteroatoms. The van der Waals surface area contributed by atoms with Crippen LogP contribution in [0.3, 0.4) is 0 Å². The summed E-state index contributed by atoms with van der Waals surface area (Å²) in [6.07, 6.45) is 2.83. The standard InChI is InChI=1S/C10H15N5S2/c1-14(2)5-4-8-11-6-7(17-8)9-12-13-10(16)15(9)3/h6H,4-5H2,1-3H3,(H,13,16). The molecule has 0 amide bonds. The molecule has 0 aliphatic carbocycles. The Morgan fingerprint density at radius 3 is 2.88 bits per heavy atom. The van der Waals surface area contributed by atoms with Gasteiger partial charge in [0.15, 0.2) is 10.6 Å². The lowest BCUT2D eigenvalue weighted by molar-refractivity contribution is 0.413. The average molecular weight is 269 g/mol. The summed E-state index contributed by atoms with van der Waals surface area (Å²) < 4.78 is 2.49. The van der Waals surface area contributed by atoms with Crippen LogP contribution in [-0.2, 0) is 13.5 Å². The van der Waals surface area contributed by atoms with Crippen LogP contribution in [0, 0.1) is 4.77 Å². The highest BCUT2D eigenvalue weighted by Crippen LogP contribution is 2.24. The molecule has 0 bridgehead atoms. The smallest absolute Gasteiger partial charge is 0.195 e. The third-order valence-corrected chi connectivity index (χ3v) is 3.84. The molecule has 0 aliphatic heterocycles. The minimum absolute atomic E-state index is 0.628. The molecule has 5 nitrogen and oxygen atoms in total. The van der Waals surface area contributed by atoms with Crippen molar-refractivity contribution < 1.29 is 0 Å². The lowest BCUT2D eigenvalue weighted by atomic mass is 10.4. The van der Waals surface area contributed by atoms with E-state index in [2.05, 4.69) is 34.2 Å². The van der Waals surface area contributed by atoms with Gasteiger partial charge in [-0.2, -0.15) is 5.10 Å². The van der Waals surface area contributed by atoms with Gasteiger partial charge in [-0.25, -0.2) is 4.98 Å². The summed E-state index contributed by atoms with van der Waals surface area (Å²) >= 11 is 6.76. The molecule has 2 rings (SSSR count). The fraction of sp³-hybridized carbons (Fsp3) is 0.500. The molecule has 0 spiro atoms. The van der Waals surface area contributed by atoms with Gasteiger partial charge in [0.1, 0.15) is 0 Å². The maximum atomic E-state index is 5.09. The summed E-state index contributed by atoms with van der Waals surface area (Å²) in [5, 5.41) is 8.11. The number of nitrogens with zero attached hydrogens (tertiary/aromatic N) is 4. The molecule has 0 atom stereocenters. The quantitative estimate of drug-likeness (QED) is 0.858. The fourth-order valence-electron chi connectivity index (χ4n) is 1.42. The Hall–Kier alpha value is -1.05. The van der Waals surface area contributed by atoms with E-state index in [0.717, 1.165) is 28.7 Å². The van der Waals surface area contributed by atoms with Crippen LogP contribution >= 0.6 is 23.6 Å². The van der Waals surface area contributed by atoms with Crippen molar-refractivity contribution in [3.8, 4) is 10.7 Å². The van der Waals surface area contributed by atoms with E-state index in [1.165, 1.54) is 0 Å². The van der Waals surface area contributed by atoms with Gasteiger partial charge in [-0.15, -0.1) is 11.3 Å². The minimum Gasteiger partial charge on any atom is -0.309 e. The summed E-state index contributed by atoms with van der Waals surface area (Å²) in [6.45, 7) is 1.01. The molecular weight excluding hydrogens is 254 g/mol. The van der Waals surface area contributed by atoms with Gasteiger partial charge in [-0.1, -0.05) is 0 Å². The van der Waals surface area contributed by atoms with E-state index in [9.17, 15) is 0 Å². The summed E-state index contributed by atoms with van der Waals surface area (Å²) in [5.74, 6) is 0.851. The maximum Gasteiger partial charge on any atom is 0.195 e. The first kappa shape index (κ1) is 12.4. The van der Waals surface area contributed by atoms with Crippen LogP contribution in [0.15, 0.2) is 6.20 Å². The van der Waals surface area contributed by atoms with Gasteiger partial charge >= 0.3 is 0 Å². The van der Waals surface area contributed by atoms with Crippen LogP contribution in [-0.4, -0.2) is 45.3 Å². The highest BCUT2D eigenvalue weighted by Gasteiger charge is 2.10. The van der Waals surface area contributed by atoms with E-state index in [0.29, 0.717) is 4.77 Å². The highest BCUT2D eigenvalue weighted by molar-refractivity contribution is 7.71. The van der Waals surface area contributed by atoms with Crippen molar-refractivity contribution in [1.29, 1.82) is 0 Å². The van der Waals surface area contributed by atoms with Crippen molar-refractivity contribution in [3.63, 3.8) is 0 Å². The van der Waals surface area contributed by atoms with Crippen LogP contribution in [0.2, 0.25) is 0 Å². The molecule has 2 aromatic heterocycles. The maximum absolute atomic E-state index is 5.09. The summed E-state index contributed by atoms with van der Waals surface area (Å²) in [6, 6.07) is 0. The lowest BCUT2D eigenvalue weighted by Crippen LogP contribution is -2.14. The molecule has 2 heterocycles. The zero-order chi connectivity index (χ0) is 12.4. The summed E-state index contributed by atoms with van der Waals surface area (Å²) in [7, 11) is 6.03. The molecule has 92 valence electrons. The van der Waals surface area contributed by atoms with E-state index < -0.39 is 0 Å². The van der Waals surface area contributed by atoms with Crippen LogP contribution in [0.25, 0.3) is 10.7 Å². The summed E-state index contributed by atoms with van der Waals surface area (Å²) in [5.41, 5.74) is 0. The van der Waals surface area contributed by atoms with Crippen molar-refractivity contribution in [2.45, 2.75) is 6.42 Å². The monoisotopic (exact) mass is 269 g/mol. The van der Waals surface area contributed by atoms with Crippen molar-refractivity contribution in [3.05, 3.63) is 16.0 Å². The number of H-pyrrole nitrogens is 1. The third kappa shape index (κ3) is 2.80. The molecule has 0 radical (unpaired) electrons. The zero-order valence-corrected chi connectivity index (χ0v) is 11.7. The molecule has 17 heavy (non-hydrogen) atoms. The van der Waals surface area contributed by atoms with Crippen LogP contribution in [0.4, 0.5) is 0 Å². The fourth-order valence-corrected chi connectivity index (χ4v) is 2.48. The molecular formula is C10H15N5S2. The van der Waals surface area contributed by atoms with E-state index >= 15 is 0 Å². The Morgan fingerprint density at radius 1 is 1.53 bits per heavy atom. The summed E-state index contributed by atoms with van der Waals surface area (Å²) in [4.78, 5) is 7.60. The van der Waals surface area contributed by atoms with Crippen LogP contribution in [0.5, 0.6) is 0 Å². The molecule has 0 unspecified atom stereocenters. The second-order valence-corrected chi connectivity index (χ2v) is 5.58. The highest BCUT2D eigenvalue weighted by atomic mass is 32.1. The Bertz CT molecular complexity index is 551. The first-order chi connectivity index (χ1) is 8.08. The number of hydrogen-bond acceptors (Lipinski definition) is 5. The van der Waals surface area contributed by atoms with Gasteiger partial charge in [0, 0.05) is 26.2 Å². The normalized spacial score (nSPS) is 11.3. The number of nitrogens with one attached hydrogen (secondary N) is 1. The first-order valence-electron chi connectivity index (χ1n) is 5.29. The number of hydrogen-bond donors (Lipinski definition) is 1. The molecule has 1 N–H and O–H groups in total. The van der Waals surface area contributed by atoms with Crippen molar-refractivity contribution in [2.75, 3.05) is 20.6 Å². The SMILES string of the molecule is CN(C)CCc1ncc(-c2n[nH]c(=S)n2C)s1. The number of likely N-dealkylation sites (N-methyl/N-ethyl adjacent to an activating group) is 1. The Labute approximate surface area is 109 Å². The van der Waals surface area contributed by atoms with E-state index in [1.807, 2.05) is 17.8 Å². The predicted molar refractivity (Wildman–Crippen MR) is 71.8 cm³/mol. The molecule has 0 saturated carbocycles. The average Bonchev–Trinajstić information content (AvgIpc) is 2.85. The molecule has 0 aromatic carbocycles. The lowest BCUT2D eigenvalue weighted by Gasteiger charge is -2.06. The van der Waals surface area contributed by atoms with Gasteiger partial charge in [0.25, 0.3) is 0 Å². The van der Waals surface area contributed by atoms with E-state index in [4.69, 9.17) is 12.2 Å². The van der Waals surface area contributed by atoms with Crippen LogP contribution < -0.4 is 0 Å². The number of aromatic nitrogens is 4. The van der Waals surface area contributed by atoms with Gasteiger partial charge in [0.2, 0.25) is 0 Å². The van der Waals surface area contributed by atoms with E-state index in [-0.39, 0.29) is 0 Å². The Balaban J connectivity index is 2.18. The largest absolute Gasteiger partial charge is 0.309 e. The van der Waals surface area contributed by atoms with Gasteiger partial charge in [-0.3, -0.25) is 5.10 Å². The van der Waals surface area contributed by atoms with Gasteiger partial charge < -0.3 is 9.47 Å². The topological polar surface area (TPSA) is 49.7 Å². The number of rotatable bonds is 4. The van der Waals surface area contributed by atoms with Crippen molar-refractivity contribution in [1.82, 2.24) is 24.6 Å². The molecule has 0 aliphatic rings. The van der Waals surface area contributed by atoms with Gasteiger partial charge in [-0.05, 0) is 26.3 Å². The number of thiazole rings is 1. The predicted octanol–water partition coefficient (Wildman–Crippen LogP) is 1.71. The first-order valence-corrected chi connectivity index (χ1v) is 6.51. The van der Waals surface area contributed by atoms with Gasteiger partial charge in [0.05, 0.1) is 9.88 Å². The second kappa shape index (κ2) is 5.07. The van der Waals surface area contributed by atoms with Crippen LogP contribution in [0.1, 0.15) is 5.01 Å². The van der Waals surface area contributed by atoms with Crippen molar-refractivity contribution >= 4 is 23.6 Å². The third-order valence-electron chi connectivity index (χ3n) is 2.43. The molecule has 0 saturated heterocycles. The zero-order valence-electron chi connectivity index (χ0n) is 10.1. The Kier molecular flexibility index (Phi) is 3.70. The molecule has 0 fully saturated rings. The second-order valence-electron chi connectivity index (χ2n) is 4.08. The van der Waals surface area contributed by atoms with E-state index in [1.54, 1.807) is 11.3 Å². The Morgan fingerprint density at radius 2 is 2.29 bits per heavy atom. The molecule has 2 aromatic rings. The number of aromatic amines is 1. The minimum atomic E-state index is 0.628.